The molecular weight excluding hydrogens is 312 g/mol. The van der Waals surface area contributed by atoms with Crippen molar-refractivity contribution < 1.29 is 23.8 Å². The van der Waals surface area contributed by atoms with Crippen molar-refractivity contribution in [2.24, 2.45) is 11.1 Å². The van der Waals surface area contributed by atoms with E-state index in [0.717, 1.165) is 6.42 Å². The maximum Gasteiger partial charge on any atom is 0.260 e. The number of ether oxygens (including phenoxy) is 3. The summed E-state index contributed by atoms with van der Waals surface area (Å²) in [5.74, 6) is 1.89. The van der Waals surface area contributed by atoms with Gasteiger partial charge in [-0.15, -0.1) is 0 Å². The Labute approximate surface area is 142 Å². The number of hydrogen-bond acceptors (Lipinski definition) is 6. The monoisotopic (exact) mass is 338 g/mol. The van der Waals surface area contributed by atoms with Crippen LogP contribution >= 0.6 is 0 Å². The van der Waals surface area contributed by atoms with Crippen LogP contribution in [0, 0.1) is 5.92 Å². The molecule has 1 amide bonds. The molecule has 0 saturated carbocycles. The molecule has 0 bridgehead atoms. The number of methoxy groups -OCH3 is 3. The molecule has 0 aliphatic carbocycles. The van der Waals surface area contributed by atoms with E-state index >= 15 is 0 Å². The first kappa shape index (κ1) is 19.6. The average molecular weight is 338 g/mol. The molecule has 1 aromatic carbocycles. The maximum atomic E-state index is 11.6. The highest BCUT2D eigenvalue weighted by molar-refractivity contribution is 5.82. The number of benzene rings is 1. The maximum absolute atomic E-state index is 11.6. The van der Waals surface area contributed by atoms with Crippen LogP contribution in [-0.2, 0) is 9.63 Å². The predicted molar refractivity (Wildman–Crippen MR) is 92.1 cm³/mol. The van der Waals surface area contributed by atoms with Crippen molar-refractivity contribution in [3.05, 3.63) is 17.7 Å². The third-order valence-corrected chi connectivity index (χ3v) is 3.20. The van der Waals surface area contributed by atoms with Gasteiger partial charge in [-0.1, -0.05) is 19.0 Å². The van der Waals surface area contributed by atoms with Gasteiger partial charge in [-0.25, -0.2) is 0 Å². The summed E-state index contributed by atoms with van der Waals surface area (Å²) >= 11 is 0. The van der Waals surface area contributed by atoms with E-state index < -0.39 is 0 Å². The number of amides is 1. The zero-order valence-electron chi connectivity index (χ0n) is 14.9. The number of carbonyl (C=O) groups excluding carboxylic acids is 1. The molecular formula is C17H26N2O5. The zero-order chi connectivity index (χ0) is 17.9. The molecule has 7 heteroatoms. The Kier molecular flexibility index (Phi) is 8.46. The SMILES string of the molecule is COc1cc(/C=N\OCC(=O)NCCC(C)C)cc(OC)c1OC. The Morgan fingerprint density at radius 2 is 1.79 bits per heavy atom. The Bertz CT molecular complexity index is 533. The largest absolute Gasteiger partial charge is 0.493 e. The van der Waals surface area contributed by atoms with Gasteiger partial charge in [0.15, 0.2) is 18.1 Å². The minimum atomic E-state index is -0.197. The fourth-order valence-electron chi connectivity index (χ4n) is 1.92. The van der Waals surface area contributed by atoms with Gasteiger partial charge in [-0.3, -0.25) is 4.79 Å². The highest BCUT2D eigenvalue weighted by atomic mass is 16.6. The minimum absolute atomic E-state index is 0.126. The van der Waals surface area contributed by atoms with Gasteiger partial charge >= 0.3 is 0 Å². The molecule has 134 valence electrons. The smallest absolute Gasteiger partial charge is 0.260 e. The molecule has 24 heavy (non-hydrogen) atoms. The molecule has 0 aliphatic rings. The van der Waals surface area contributed by atoms with Crippen LogP contribution in [0.4, 0.5) is 0 Å². The van der Waals surface area contributed by atoms with Gasteiger partial charge in [0.1, 0.15) is 0 Å². The van der Waals surface area contributed by atoms with Crippen LogP contribution in [0.5, 0.6) is 17.2 Å². The molecule has 1 N–H and O–H groups in total. The van der Waals surface area contributed by atoms with Gasteiger partial charge in [0.25, 0.3) is 5.91 Å². The fourth-order valence-corrected chi connectivity index (χ4v) is 1.92. The Balaban J connectivity index is 2.57. The molecule has 0 atom stereocenters. The van der Waals surface area contributed by atoms with Gasteiger partial charge in [0, 0.05) is 12.1 Å². The molecule has 0 fully saturated rings. The minimum Gasteiger partial charge on any atom is -0.493 e. The van der Waals surface area contributed by atoms with Crippen LogP contribution in [0.25, 0.3) is 0 Å². The van der Waals surface area contributed by atoms with Crippen LogP contribution in [0.2, 0.25) is 0 Å². The third-order valence-electron chi connectivity index (χ3n) is 3.20. The van der Waals surface area contributed by atoms with E-state index in [1.165, 1.54) is 27.5 Å². The summed E-state index contributed by atoms with van der Waals surface area (Å²) < 4.78 is 15.8. The van der Waals surface area contributed by atoms with Crippen molar-refractivity contribution >= 4 is 12.1 Å². The Morgan fingerprint density at radius 1 is 1.17 bits per heavy atom. The highest BCUT2D eigenvalue weighted by Crippen LogP contribution is 2.37. The van der Waals surface area contributed by atoms with E-state index in [0.29, 0.717) is 35.3 Å². The normalized spacial score (nSPS) is 10.8. The summed E-state index contributed by atoms with van der Waals surface area (Å²) in [5.41, 5.74) is 0.699. The van der Waals surface area contributed by atoms with Crippen molar-refractivity contribution in [2.75, 3.05) is 34.5 Å². The molecule has 1 aromatic rings. The lowest BCUT2D eigenvalue weighted by atomic mass is 10.1. The first-order chi connectivity index (χ1) is 11.5. The van der Waals surface area contributed by atoms with Crippen LogP contribution in [-0.4, -0.2) is 46.6 Å². The lowest BCUT2D eigenvalue weighted by Crippen LogP contribution is -2.28. The van der Waals surface area contributed by atoms with Gasteiger partial charge in [0.2, 0.25) is 5.75 Å². The number of carbonyl (C=O) groups is 1. The number of oxime groups is 1. The summed E-state index contributed by atoms with van der Waals surface area (Å²) in [6.07, 6.45) is 2.41. The molecule has 0 aromatic heterocycles. The van der Waals surface area contributed by atoms with Gasteiger partial charge in [0.05, 0.1) is 27.5 Å². The Hall–Kier alpha value is -2.44. The number of rotatable bonds is 10. The molecule has 0 radical (unpaired) electrons. The average Bonchev–Trinajstić information content (AvgIpc) is 2.57. The second-order valence-electron chi connectivity index (χ2n) is 5.50. The molecule has 0 unspecified atom stereocenters. The number of nitrogens with one attached hydrogen (secondary N) is 1. The van der Waals surface area contributed by atoms with Crippen molar-refractivity contribution in [3.63, 3.8) is 0 Å². The molecule has 0 aliphatic heterocycles. The topological polar surface area (TPSA) is 78.4 Å². The summed E-state index contributed by atoms with van der Waals surface area (Å²) in [6, 6.07) is 3.47. The summed E-state index contributed by atoms with van der Waals surface area (Å²) in [4.78, 5) is 16.6. The number of hydrogen-bond donors (Lipinski definition) is 1. The highest BCUT2D eigenvalue weighted by Gasteiger charge is 2.12. The lowest BCUT2D eigenvalue weighted by molar-refractivity contribution is -0.125. The van der Waals surface area contributed by atoms with E-state index in [9.17, 15) is 4.79 Å². The second kappa shape index (κ2) is 10.4. The van der Waals surface area contributed by atoms with Gasteiger partial charge in [-0.05, 0) is 24.5 Å². The number of nitrogens with zero attached hydrogens (tertiary/aromatic N) is 1. The molecule has 1 rings (SSSR count). The van der Waals surface area contributed by atoms with Crippen LogP contribution in [0.1, 0.15) is 25.8 Å². The quantitative estimate of drug-likeness (QED) is 0.523. The summed E-state index contributed by atoms with van der Waals surface area (Å²) in [5, 5.41) is 6.56. The fraction of sp³-hybridized carbons (Fsp3) is 0.529. The van der Waals surface area contributed by atoms with Crippen LogP contribution in [0.3, 0.4) is 0 Å². The van der Waals surface area contributed by atoms with E-state index in [-0.39, 0.29) is 12.5 Å². The van der Waals surface area contributed by atoms with E-state index in [1.54, 1.807) is 12.1 Å². The van der Waals surface area contributed by atoms with Crippen molar-refractivity contribution in [3.8, 4) is 17.2 Å². The van der Waals surface area contributed by atoms with Crippen LogP contribution in [0.15, 0.2) is 17.3 Å². The van der Waals surface area contributed by atoms with E-state index in [2.05, 4.69) is 24.3 Å². The standard InChI is InChI=1S/C17H26N2O5/c1-12(2)6-7-18-16(20)11-24-19-10-13-8-14(21-3)17(23-5)15(9-13)22-4/h8-10,12H,6-7,11H2,1-5H3,(H,18,20)/b19-10-. The second-order valence-corrected chi connectivity index (χ2v) is 5.50. The van der Waals surface area contributed by atoms with Crippen molar-refractivity contribution in [1.29, 1.82) is 0 Å². The Morgan fingerprint density at radius 3 is 2.29 bits per heavy atom. The first-order valence-corrected chi connectivity index (χ1v) is 7.73. The van der Waals surface area contributed by atoms with Gasteiger partial charge < -0.3 is 24.4 Å². The first-order valence-electron chi connectivity index (χ1n) is 7.73. The summed E-state index contributed by atoms with van der Waals surface area (Å²) in [6.45, 7) is 4.71. The molecule has 0 heterocycles. The third kappa shape index (κ3) is 6.36. The van der Waals surface area contributed by atoms with E-state index in [4.69, 9.17) is 19.0 Å². The lowest BCUT2D eigenvalue weighted by Gasteiger charge is -2.12. The van der Waals surface area contributed by atoms with Crippen LogP contribution < -0.4 is 19.5 Å². The van der Waals surface area contributed by atoms with E-state index in [1.807, 2.05) is 0 Å². The summed E-state index contributed by atoms with van der Waals surface area (Å²) in [7, 11) is 4.61. The molecule has 0 spiro atoms. The predicted octanol–water partition coefficient (Wildman–Crippen LogP) is 2.23. The van der Waals surface area contributed by atoms with Gasteiger partial charge in [-0.2, -0.15) is 0 Å². The molecule has 7 nitrogen and oxygen atoms in total. The van der Waals surface area contributed by atoms with Crippen molar-refractivity contribution in [2.45, 2.75) is 20.3 Å². The molecule has 0 saturated heterocycles. The zero-order valence-corrected chi connectivity index (χ0v) is 14.9. The van der Waals surface area contributed by atoms with Crippen molar-refractivity contribution in [1.82, 2.24) is 5.32 Å².